The van der Waals surface area contributed by atoms with E-state index in [0.717, 1.165) is 34.2 Å². The second-order valence-corrected chi connectivity index (χ2v) is 7.71. The van der Waals surface area contributed by atoms with Crippen molar-refractivity contribution in [3.05, 3.63) is 93.0 Å². The minimum atomic E-state index is 0. The van der Waals surface area contributed by atoms with E-state index in [1.54, 1.807) is 6.20 Å². The molecule has 4 aromatic rings. The van der Waals surface area contributed by atoms with Gasteiger partial charge in [-0.05, 0) is 46.6 Å². The zero-order valence-corrected chi connectivity index (χ0v) is 26.7. The summed E-state index contributed by atoms with van der Waals surface area (Å²) in [5.74, 6) is 9.20. The van der Waals surface area contributed by atoms with Crippen molar-refractivity contribution < 1.29 is 32.7 Å². The molecule has 2 heterocycles. The van der Waals surface area contributed by atoms with Gasteiger partial charge in [-0.2, -0.15) is 6.92 Å². The van der Waals surface area contributed by atoms with Gasteiger partial charge < -0.3 is 31.2 Å². The fourth-order valence-electron chi connectivity index (χ4n) is 3.21. The molecule has 0 fully saturated rings. The van der Waals surface area contributed by atoms with Gasteiger partial charge in [0.05, 0.1) is 18.1 Å². The summed E-state index contributed by atoms with van der Waals surface area (Å²) in [6, 6.07) is 12.8. The van der Waals surface area contributed by atoms with Gasteiger partial charge in [0.1, 0.15) is 11.5 Å². The predicted octanol–water partition coefficient (Wildman–Crippen LogP) is 8.64. The number of hydrogen-bond donors (Lipinski definition) is 2. The van der Waals surface area contributed by atoms with Crippen LogP contribution >= 0.6 is 0 Å². The summed E-state index contributed by atoms with van der Waals surface area (Å²) in [4.78, 5) is 15.5. The molecule has 0 saturated carbocycles. The summed E-state index contributed by atoms with van der Waals surface area (Å²) < 4.78 is 0. The Morgan fingerprint density at radius 1 is 0.806 bits per heavy atom. The number of aromatic amines is 2. The predicted molar refractivity (Wildman–Crippen MR) is 154 cm³/mol. The van der Waals surface area contributed by atoms with E-state index in [-0.39, 0.29) is 47.6 Å². The van der Waals surface area contributed by atoms with Gasteiger partial charge in [0.25, 0.3) is 0 Å². The molecule has 2 aromatic heterocycles. The summed E-state index contributed by atoms with van der Waals surface area (Å²) in [5, 5.41) is 2.36. The molecule has 0 saturated heterocycles. The Labute approximate surface area is 245 Å². The number of H-pyrrole nitrogens is 2. The molecule has 190 valence electrons. The van der Waals surface area contributed by atoms with Gasteiger partial charge in [0.2, 0.25) is 0 Å². The van der Waals surface area contributed by atoms with Crippen molar-refractivity contribution in [3.63, 3.8) is 0 Å². The molecule has 0 bridgehead atoms. The number of imidazole rings is 2. The van der Waals surface area contributed by atoms with Crippen LogP contribution in [-0.2, 0) is 32.7 Å². The maximum Gasteiger partial charge on any atom is 3.00 e. The van der Waals surface area contributed by atoms with Crippen molar-refractivity contribution in [2.75, 3.05) is 0 Å². The Balaban J connectivity index is 0. The minimum Gasteiger partial charge on any atom is -0.362 e. The molecule has 0 amide bonds. The first-order valence-corrected chi connectivity index (χ1v) is 12.0. The zero-order chi connectivity index (χ0) is 24.4. The third kappa shape index (κ3) is 9.27. The van der Waals surface area contributed by atoms with Gasteiger partial charge >= 0.3 is 32.7 Å². The molecule has 0 radical (unpaired) electrons. The quantitative estimate of drug-likeness (QED) is 0.194. The van der Waals surface area contributed by atoms with Crippen molar-refractivity contribution >= 4 is 10.8 Å². The average Bonchev–Trinajstić information content (AvgIpc) is 3.54. The van der Waals surface area contributed by atoms with E-state index in [1.165, 1.54) is 10.8 Å². The van der Waals surface area contributed by atoms with Crippen LogP contribution in [-0.4, -0.2) is 19.9 Å². The topological polar surface area (TPSA) is 57.4 Å². The molecule has 2 aromatic carbocycles. The zero-order valence-electron chi connectivity index (χ0n) is 23.8. The number of benzene rings is 2. The molecule has 0 aliphatic carbocycles. The first kappa shape index (κ1) is 35.8. The minimum absolute atomic E-state index is 0. The van der Waals surface area contributed by atoms with Gasteiger partial charge in [-0.15, -0.1) is 0 Å². The molecule has 2 N–H and O–H groups in total. The van der Waals surface area contributed by atoms with Crippen molar-refractivity contribution in [2.45, 2.75) is 61.3 Å². The third-order valence-electron chi connectivity index (χ3n) is 5.39. The number of rotatable bonds is 4. The van der Waals surface area contributed by atoms with Crippen molar-refractivity contribution in [1.29, 1.82) is 0 Å². The van der Waals surface area contributed by atoms with Gasteiger partial charge in [-0.1, -0.05) is 72.6 Å². The summed E-state index contributed by atoms with van der Waals surface area (Å²) >= 11 is 0. The molecule has 0 aliphatic heterocycles. The molecular formula is C31H43N4Y. The van der Waals surface area contributed by atoms with Crippen LogP contribution < -0.4 is 0 Å². The Bertz CT molecular complexity index is 1210. The van der Waals surface area contributed by atoms with Crippen LogP contribution in [0.4, 0.5) is 0 Å². The van der Waals surface area contributed by atoms with E-state index >= 15 is 0 Å². The molecule has 36 heavy (non-hydrogen) atoms. The van der Waals surface area contributed by atoms with Gasteiger partial charge in [-0.3, -0.25) is 4.98 Å². The van der Waals surface area contributed by atoms with Gasteiger partial charge in [0, 0.05) is 17.0 Å². The molecule has 0 aliphatic rings. The number of aromatic nitrogens is 4. The Morgan fingerprint density at radius 3 is 2.06 bits per heavy atom. The maximum absolute atomic E-state index is 4.58. The Morgan fingerprint density at radius 2 is 1.44 bits per heavy atom. The molecule has 4 rings (SSSR count). The van der Waals surface area contributed by atoms with Crippen molar-refractivity contribution in [2.24, 2.45) is 5.92 Å². The summed E-state index contributed by atoms with van der Waals surface area (Å²) in [5.41, 5.74) is 4.00. The Kier molecular flexibility index (Phi) is 17.9. The second-order valence-electron chi connectivity index (χ2n) is 7.71. The fourth-order valence-corrected chi connectivity index (χ4v) is 3.21. The SMILES string of the molecule is CC.CC.C[CH-]c1ncc(C#Cc2ccc3cc(-c4cnc(C(C)C(C)C)[nH]4)ccc3c2)[nH]1.[CH3-].[CH3-].[Y+3]. The summed E-state index contributed by atoms with van der Waals surface area (Å²) in [6.07, 6.45) is 5.61. The molecular weight excluding hydrogens is 517 g/mol. The van der Waals surface area contributed by atoms with Crippen LogP contribution in [0.15, 0.2) is 48.8 Å². The van der Waals surface area contributed by atoms with Crippen molar-refractivity contribution in [3.8, 4) is 23.1 Å². The van der Waals surface area contributed by atoms with Crippen LogP contribution in [0.2, 0.25) is 0 Å². The molecule has 0 spiro atoms. The van der Waals surface area contributed by atoms with E-state index in [0.29, 0.717) is 11.8 Å². The van der Waals surface area contributed by atoms with Crippen LogP contribution in [0.3, 0.4) is 0 Å². The normalized spacial score (nSPS) is 10.0. The smallest absolute Gasteiger partial charge is 0.362 e. The Hall–Kier alpha value is -2.35. The maximum atomic E-state index is 4.58. The molecule has 1 atom stereocenters. The van der Waals surface area contributed by atoms with Crippen LogP contribution in [0, 0.1) is 39.0 Å². The largest absolute Gasteiger partial charge is 3.00 e. The van der Waals surface area contributed by atoms with Crippen LogP contribution in [0.25, 0.3) is 22.0 Å². The summed E-state index contributed by atoms with van der Waals surface area (Å²) in [7, 11) is 0. The van der Waals surface area contributed by atoms with E-state index in [2.05, 4.69) is 88.9 Å². The summed E-state index contributed by atoms with van der Waals surface area (Å²) in [6.45, 7) is 16.6. The van der Waals surface area contributed by atoms with E-state index in [1.807, 2.05) is 47.2 Å². The molecule has 5 heteroatoms. The number of fused-ring (bicyclic) bond motifs is 1. The van der Waals surface area contributed by atoms with Crippen LogP contribution in [0.1, 0.15) is 84.2 Å². The van der Waals surface area contributed by atoms with E-state index in [9.17, 15) is 0 Å². The third-order valence-corrected chi connectivity index (χ3v) is 5.39. The number of hydrogen-bond acceptors (Lipinski definition) is 2. The van der Waals surface area contributed by atoms with Crippen molar-refractivity contribution in [1.82, 2.24) is 19.9 Å². The number of nitrogens with zero attached hydrogens (tertiary/aromatic N) is 2. The first-order valence-electron chi connectivity index (χ1n) is 12.0. The fraction of sp³-hybridized carbons (Fsp3) is 0.323. The molecule has 4 nitrogen and oxygen atoms in total. The van der Waals surface area contributed by atoms with E-state index in [4.69, 9.17) is 0 Å². The van der Waals surface area contributed by atoms with E-state index < -0.39 is 0 Å². The van der Waals surface area contributed by atoms with Crippen LogP contribution in [0.5, 0.6) is 0 Å². The van der Waals surface area contributed by atoms with Gasteiger partial charge in [-0.25, -0.2) is 4.98 Å². The standard InChI is InChI=1S/C25H25N4.2C2H6.2CH3.Y/c1-5-24-26-14-22(28-24)11-7-18-6-8-20-13-21(10-9-19(20)12-18)23-15-27-25(29-23)17(4)16(2)3;2*1-2;;;/h5-6,8-10,12-17H,1-4H3,(H,26,28)(H,27,29);2*1-2H3;2*1H3;/q-1;;;2*-1;+3. The second kappa shape index (κ2) is 18.0. The monoisotopic (exact) mass is 560 g/mol. The average molecular weight is 561 g/mol. The molecule has 1 unspecified atom stereocenters. The van der Waals surface area contributed by atoms with Gasteiger partial charge in [0.15, 0.2) is 0 Å². The number of nitrogens with one attached hydrogen (secondary N) is 2. The first-order chi connectivity index (χ1) is 16.0.